The molecular weight excluding hydrogens is 401 g/mol. The Bertz CT molecular complexity index is 836. The summed E-state index contributed by atoms with van der Waals surface area (Å²) in [5, 5.41) is 14.9. The summed E-state index contributed by atoms with van der Waals surface area (Å²) in [7, 11) is 0. The number of hydrogen-bond donors (Lipinski definition) is 2. The quantitative estimate of drug-likeness (QED) is 0.679. The molecule has 10 heteroatoms. The zero-order chi connectivity index (χ0) is 19.8. The Balaban J connectivity index is 1.72. The van der Waals surface area contributed by atoms with Crippen LogP contribution in [0.4, 0.5) is 24.0 Å². The van der Waals surface area contributed by atoms with E-state index in [1.54, 1.807) is 0 Å². The summed E-state index contributed by atoms with van der Waals surface area (Å²) in [5.41, 5.74) is -0.584. The van der Waals surface area contributed by atoms with Crippen molar-refractivity contribution < 1.29 is 18.0 Å². The van der Waals surface area contributed by atoms with Crippen molar-refractivity contribution >= 4 is 39.7 Å². The van der Waals surface area contributed by atoms with Gasteiger partial charge in [-0.1, -0.05) is 36.8 Å². The first-order valence-corrected chi connectivity index (χ1v) is 9.62. The van der Waals surface area contributed by atoms with Crippen LogP contribution in [0.2, 0.25) is 5.02 Å². The zero-order valence-electron chi connectivity index (χ0n) is 14.6. The van der Waals surface area contributed by atoms with Crippen molar-refractivity contribution in [2.24, 2.45) is 5.92 Å². The third kappa shape index (κ3) is 4.90. The Morgan fingerprint density at radius 3 is 2.56 bits per heavy atom. The smallest absolute Gasteiger partial charge is 0.372 e. The molecule has 0 aliphatic heterocycles. The lowest BCUT2D eigenvalue weighted by atomic mass is 10.0. The molecule has 1 saturated carbocycles. The second-order valence-corrected chi connectivity index (χ2v) is 8.18. The highest BCUT2D eigenvalue weighted by Gasteiger charge is 2.32. The van der Waals surface area contributed by atoms with Crippen molar-refractivity contribution in [3.05, 3.63) is 33.8 Å². The Morgan fingerprint density at radius 1 is 1.30 bits per heavy atom. The molecule has 0 unspecified atom stereocenters. The summed E-state index contributed by atoms with van der Waals surface area (Å²) in [6.07, 6.45) is -2.30. The van der Waals surface area contributed by atoms with Crippen LogP contribution in [0, 0.1) is 5.92 Å². The molecule has 1 fully saturated rings. The van der Waals surface area contributed by atoms with Crippen molar-refractivity contribution in [2.45, 2.75) is 44.8 Å². The minimum atomic E-state index is -4.48. The summed E-state index contributed by atoms with van der Waals surface area (Å²) in [6.45, 7) is 3.65. The molecule has 3 rings (SSSR count). The minimum Gasteiger partial charge on any atom is -0.372 e. The number of anilines is 2. The molecule has 0 bridgehead atoms. The van der Waals surface area contributed by atoms with Gasteiger partial charge in [0.25, 0.3) is 0 Å². The van der Waals surface area contributed by atoms with Crippen LogP contribution >= 0.6 is 22.9 Å². The lowest BCUT2D eigenvalue weighted by Crippen LogP contribution is -2.39. The summed E-state index contributed by atoms with van der Waals surface area (Å²) in [6, 6.07) is 2.29. The lowest BCUT2D eigenvalue weighted by Gasteiger charge is -2.23. The SMILES string of the molecule is CC(C)[C@H](Nc1ccc(C(F)(F)F)cc1Cl)C(=O)Nc1nnc(C2CC2)s1. The molecule has 2 aromatic rings. The van der Waals surface area contributed by atoms with Crippen LogP contribution in [0.5, 0.6) is 0 Å². The standard InChI is InChI=1S/C17H18ClF3N4OS/c1-8(2)13(14(26)23-16-25-24-15(27-16)9-3-4-9)22-12-6-5-10(7-11(12)18)17(19,20)21/h5-9,13,22H,3-4H2,1-2H3,(H,23,25,26)/t13-/m0/s1. The Labute approximate surface area is 163 Å². The van der Waals surface area contributed by atoms with Gasteiger partial charge >= 0.3 is 6.18 Å². The van der Waals surface area contributed by atoms with Crippen molar-refractivity contribution in [3.63, 3.8) is 0 Å². The number of carbonyl (C=O) groups is 1. The van der Waals surface area contributed by atoms with Crippen molar-refractivity contribution in [3.8, 4) is 0 Å². The van der Waals surface area contributed by atoms with Gasteiger partial charge in [-0.15, -0.1) is 10.2 Å². The highest BCUT2D eigenvalue weighted by atomic mass is 35.5. The fourth-order valence-electron chi connectivity index (χ4n) is 2.47. The van der Waals surface area contributed by atoms with E-state index in [1.165, 1.54) is 17.4 Å². The lowest BCUT2D eigenvalue weighted by molar-refractivity contribution is -0.137. The van der Waals surface area contributed by atoms with Crippen LogP contribution in [0.3, 0.4) is 0 Å². The molecule has 1 atom stereocenters. The number of benzene rings is 1. The van der Waals surface area contributed by atoms with E-state index < -0.39 is 17.8 Å². The molecule has 2 N–H and O–H groups in total. The number of rotatable bonds is 6. The fourth-order valence-corrected chi connectivity index (χ4v) is 3.62. The predicted molar refractivity (Wildman–Crippen MR) is 99.2 cm³/mol. The van der Waals surface area contributed by atoms with E-state index >= 15 is 0 Å². The summed E-state index contributed by atoms with van der Waals surface area (Å²) in [5.74, 6) is -0.0447. The fraction of sp³-hybridized carbons (Fsp3) is 0.471. The average Bonchev–Trinajstić information content (AvgIpc) is 3.32. The average molecular weight is 419 g/mol. The largest absolute Gasteiger partial charge is 0.416 e. The second kappa shape index (κ2) is 7.63. The van der Waals surface area contributed by atoms with Gasteiger partial charge in [-0.3, -0.25) is 10.1 Å². The van der Waals surface area contributed by atoms with E-state index in [9.17, 15) is 18.0 Å². The molecule has 1 aromatic heterocycles. The van der Waals surface area contributed by atoms with Gasteiger partial charge in [0.05, 0.1) is 16.3 Å². The number of nitrogens with one attached hydrogen (secondary N) is 2. The van der Waals surface area contributed by atoms with Crippen LogP contribution in [0.1, 0.15) is 43.2 Å². The molecule has 146 valence electrons. The topological polar surface area (TPSA) is 66.9 Å². The first kappa shape index (κ1) is 19.9. The van der Waals surface area contributed by atoms with Gasteiger partial charge in [-0.05, 0) is 37.0 Å². The highest BCUT2D eigenvalue weighted by Crippen LogP contribution is 2.42. The second-order valence-electron chi connectivity index (χ2n) is 6.77. The molecule has 1 heterocycles. The Morgan fingerprint density at radius 2 is 2.00 bits per heavy atom. The van der Waals surface area contributed by atoms with Crippen LogP contribution in [0.15, 0.2) is 18.2 Å². The van der Waals surface area contributed by atoms with Crippen LogP contribution < -0.4 is 10.6 Å². The molecule has 0 radical (unpaired) electrons. The molecule has 1 aromatic carbocycles. The molecule has 1 aliphatic carbocycles. The molecule has 5 nitrogen and oxygen atoms in total. The number of nitrogens with zero attached hydrogens (tertiary/aromatic N) is 2. The van der Waals surface area contributed by atoms with E-state index in [2.05, 4.69) is 20.8 Å². The van der Waals surface area contributed by atoms with E-state index in [4.69, 9.17) is 11.6 Å². The number of aromatic nitrogens is 2. The van der Waals surface area contributed by atoms with Gasteiger partial charge in [0.2, 0.25) is 11.0 Å². The monoisotopic (exact) mass is 418 g/mol. The number of amides is 1. The first-order valence-electron chi connectivity index (χ1n) is 8.42. The molecule has 1 amide bonds. The van der Waals surface area contributed by atoms with Crippen LogP contribution in [0.25, 0.3) is 0 Å². The van der Waals surface area contributed by atoms with Crippen molar-refractivity contribution in [1.82, 2.24) is 10.2 Å². The van der Waals surface area contributed by atoms with Gasteiger partial charge in [-0.25, -0.2) is 0 Å². The number of carbonyl (C=O) groups excluding carboxylic acids is 1. The van der Waals surface area contributed by atoms with Gasteiger partial charge in [0.1, 0.15) is 11.0 Å². The maximum absolute atomic E-state index is 12.8. The third-order valence-corrected chi connectivity index (χ3v) is 5.47. The predicted octanol–water partition coefficient (Wildman–Crippen LogP) is 5.16. The number of halogens is 4. The minimum absolute atomic E-state index is 0.102. The zero-order valence-corrected chi connectivity index (χ0v) is 16.2. The summed E-state index contributed by atoms with van der Waals surface area (Å²) in [4.78, 5) is 12.6. The molecular formula is C17H18ClF3N4OS. The number of hydrogen-bond acceptors (Lipinski definition) is 5. The van der Waals surface area contributed by atoms with Gasteiger partial charge in [0, 0.05) is 5.92 Å². The van der Waals surface area contributed by atoms with E-state index in [0.717, 1.165) is 30.0 Å². The van der Waals surface area contributed by atoms with Crippen LogP contribution in [-0.4, -0.2) is 22.1 Å². The Kier molecular flexibility index (Phi) is 5.62. The van der Waals surface area contributed by atoms with Gasteiger partial charge < -0.3 is 5.32 Å². The maximum atomic E-state index is 12.8. The molecule has 1 aliphatic rings. The van der Waals surface area contributed by atoms with E-state index in [-0.39, 0.29) is 22.5 Å². The maximum Gasteiger partial charge on any atom is 0.416 e. The van der Waals surface area contributed by atoms with Crippen molar-refractivity contribution in [2.75, 3.05) is 10.6 Å². The normalized spacial score (nSPS) is 15.7. The third-order valence-electron chi connectivity index (χ3n) is 4.15. The van der Waals surface area contributed by atoms with E-state index in [0.29, 0.717) is 11.0 Å². The molecule has 0 spiro atoms. The van der Waals surface area contributed by atoms with Crippen molar-refractivity contribution in [1.29, 1.82) is 0 Å². The van der Waals surface area contributed by atoms with Gasteiger partial charge in [0.15, 0.2) is 0 Å². The van der Waals surface area contributed by atoms with Crippen LogP contribution in [-0.2, 0) is 11.0 Å². The first-order chi connectivity index (χ1) is 12.6. The Hall–Kier alpha value is -1.87. The summed E-state index contributed by atoms with van der Waals surface area (Å²) < 4.78 is 38.3. The molecule has 0 saturated heterocycles. The summed E-state index contributed by atoms with van der Waals surface area (Å²) >= 11 is 7.32. The van der Waals surface area contributed by atoms with E-state index in [1.807, 2.05) is 13.8 Å². The highest BCUT2D eigenvalue weighted by molar-refractivity contribution is 7.15. The molecule has 27 heavy (non-hydrogen) atoms. The van der Waals surface area contributed by atoms with Gasteiger partial charge in [-0.2, -0.15) is 13.2 Å². The number of alkyl halides is 3.